The first-order valence-electron chi connectivity index (χ1n) is 1.97. The summed E-state index contributed by atoms with van der Waals surface area (Å²) < 4.78 is -4.11. The SMILES string of the molecule is N=P(Cl)(C(Cl)(Cl)Cl)C(Cl)(Cl)Cl. The van der Waals surface area contributed by atoms with Crippen molar-refractivity contribution in [3.05, 3.63) is 0 Å². The summed E-state index contributed by atoms with van der Waals surface area (Å²) in [6, 6.07) is 0. The van der Waals surface area contributed by atoms with Crippen molar-refractivity contribution in [2.24, 2.45) is 0 Å². The second-order valence-electron chi connectivity index (χ2n) is 1.52. The second-order valence-corrected chi connectivity index (χ2v) is 11.7. The molecule has 0 saturated carbocycles. The van der Waals surface area contributed by atoms with Crippen molar-refractivity contribution in [3.8, 4) is 0 Å². The van der Waals surface area contributed by atoms with Gasteiger partial charge in [-0.3, -0.25) is 5.16 Å². The normalized spacial score (nSPS) is 15.2. The van der Waals surface area contributed by atoms with E-state index in [1.165, 1.54) is 0 Å². The minimum atomic E-state index is -3.50. The minimum Gasteiger partial charge on any atom is -0.296 e. The number of hydrogen-bond donors (Lipinski definition) is 1. The van der Waals surface area contributed by atoms with Crippen molar-refractivity contribution in [2.75, 3.05) is 0 Å². The highest BCUT2D eigenvalue weighted by atomic mass is 35.7. The van der Waals surface area contributed by atoms with Crippen LogP contribution in [0.2, 0.25) is 0 Å². The van der Waals surface area contributed by atoms with Gasteiger partial charge in [0, 0.05) is 0 Å². The average molecular weight is 318 g/mol. The zero-order valence-corrected chi connectivity index (χ0v) is 10.8. The Bertz CT molecular complexity index is 170. The van der Waals surface area contributed by atoms with Crippen LogP contribution in [0.4, 0.5) is 0 Å². The van der Waals surface area contributed by atoms with E-state index in [-0.39, 0.29) is 0 Å². The van der Waals surface area contributed by atoms with Crippen LogP contribution in [0, 0.1) is 5.16 Å². The van der Waals surface area contributed by atoms with E-state index in [2.05, 4.69) is 0 Å². The van der Waals surface area contributed by atoms with Crippen molar-refractivity contribution in [3.63, 3.8) is 0 Å². The van der Waals surface area contributed by atoms with E-state index < -0.39 is 13.5 Å². The Morgan fingerprint density at radius 3 is 1.00 bits per heavy atom. The van der Waals surface area contributed by atoms with Gasteiger partial charge in [-0.1, -0.05) is 80.8 Å². The first kappa shape index (κ1) is 13.3. The topological polar surface area (TPSA) is 23.9 Å². The summed E-state index contributed by atoms with van der Waals surface area (Å²) in [6.07, 6.45) is -3.50. The molecule has 0 radical (unpaired) electrons. The first-order chi connectivity index (χ1) is 4.50. The number of rotatable bonds is 0. The molecule has 1 nitrogen and oxygen atoms in total. The molecule has 9 heteroatoms. The predicted octanol–water partition coefficient (Wildman–Crippen LogP) is 5.58. The van der Waals surface area contributed by atoms with E-state index in [0.717, 1.165) is 0 Å². The lowest BCUT2D eigenvalue weighted by molar-refractivity contribution is 1.47. The smallest absolute Gasteiger partial charge is 0.240 e. The molecular formula is C2HCl7NP. The molecule has 0 aliphatic heterocycles. The number of nitrogens with one attached hydrogen (secondary N) is 1. The molecule has 68 valence electrons. The second kappa shape index (κ2) is 3.79. The molecule has 0 atom stereocenters. The fraction of sp³-hybridized carbons (Fsp3) is 1.00. The number of halogens is 7. The van der Waals surface area contributed by atoms with Crippen LogP contribution in [0.15, 0.2) is 0 Å². The maximum atomic E-state index is 7.31. The zero-order chi connectivity index (χ0) is 9.50. The van der Waals surface area contributed by atoms with Gasteiger partial charge in [0.15, 0.2) is 6.41 Å². The van der Waals surface area contributed by atoms with Gasteiger partial charge in [0.1, 0.15) is 0 Å². The van der Waals surface area contributed by atoms with E-state index >= 15 is 0 Å². The highest BCUT2D eigenvalue weighted by molar-refractivity contribution is 7.99. The van der Waals surface area contributed by atoms with Crippen molar-refractivity contribution in [1.29, 1.82) is 5.16 Å². The number of alkyl halides is 6. The molecule has 0 aromatic heterocycles. The Morgan fingerprint density at radius 2 is 1.00 bits per heavy atom. The Labute approximate surface area is 98.8 Å². The van der Waals surface area contributed by atoms with E-state index in [9.17, 15) is 0 Å². The molecular weight excluding hydrogens is 317 g/mol. The van der Waals surface area contributed by atoms with E-state index in [0.29, 0.717) is 0 Å². The maximum absolute atomic E-state index is 7.31. The Hall–Kier alpha value is 2.26. The summed E-state index contributed by atoms with van der Waals surface area (Å²) in [5.74, 6) is 0. The number of hydrogen-bond acceptors (Lipinski definition) is 1. The van der Waals surface area contributed by atoms with Gasteiger partial charge in [-0.15, -0.1) is 0 Å². The maximum Gasteiger partial charge on any atom is 0.240 e. The van der Waals surface area contributed by atoms with Crippen molar-refractivity contribution >= 4 is 87.3 Å². The molecule has 0 aliphatic rings. The van der Waals surface area contributed by atoms with Crippen LogP contribution in [-0.4, -0.2) is 7.07 Å². The molecule has 0 rings (SSSR count). The van der Waals surface area contributed by atoms with Crippen molar-refractivity contribution in [1.82, 2.24) is 0 Å². The summed E-state index contributed by atoms with van der Waals surface area (Å²) in [4.78, 5) is 0. The van der Waals surface area contributed by atoms with Crippen LogP contribution in [0.3, 0.4) is 0 Å². The average Bonchev–Trinajstić information content (AvgIpc) is 1.58. The lowest BCUT2D eigenvalue weighted by Crippen LogP contribution is -2.11. The molecule has 0 spiro atoms. The molecule has 0 saturated heterocycles. The monoisotopic (exact) mass is 315 g/mol. The van der Waals surface area contributed by atoms with Gasteiger partial charge in [-0.25, -0.2) is 0 Å². The molecule has 0 aromatic rings. The summed E-state index contributed by atoms with van der Waals surface area (Å²) in [6.45, 7) is 0. The quantitative estimate of drug-likeness (QED) is 0.445. The molecule has 11 heavy (non-hydrogen) atoms. The molecule has 0 heterocycles. The molecule has 0 aromatic carbocycles. The summed E-state index contributed by atoms with van der Waals surface area (Å²) in [5.41, 5.74) is 0. The fourth-order valence-corrected chi connectivity index (χ4v) is 3.88. The van der Waals surface area contributed by atoms with Crippen LogP contribution in [0.25, 0.3) is 0 Å². The van der Waals surface area contributed by atoms with Crippen LogP contribution in [-0.2, 0) is 0 Å². The molecule has 1 N–H and O–H groups in total. The lowest BCUT2D eigenvalue weighted by Gasteiger charge is -2.28. The van der Waals surface area contributed by atoms with Gasteiger partial charge >= 0.3 is 0 Å². The van der Waals surface area contributed by atoms with E-state index in [1.807, 2.05) is 0 Å². The van der Waals surface area contributed by atoms with Gasteiger partial charge in [0.05, 0.1) is 0 Å². The third kappa shape index (κ3) is 3.14. The van der Waals surface area contributed by atoms with Gasteiger partial charge in [0.2, 0.25) is 7.07 Å². The standard InChI is InChI=1S/C2HCl7NP/c3-1(4,5)11(9,10)2(6,7)8/h10H. The van der Waals surface area contributed by atoms with Gasteiger partial charge < -0.3 is 0 Å². The van der Waals surface area contributed by atoms with Crippen molar-refractivity contribution in [2.45, 2.75) is 7.07 Å². The van der Waals surface area contributed by atoms with E-state index in [1.54, 1.807) is 0 Å². The van der Waals surface area contributed by atoms with Crippen LogP contribution in [0.1, 0.15) is 0 Å². The third-order valence-electron chi connectivity index (χ3n) is 0.699. The molecule has 0 amide bonds. The van der Waals surface area contributed by atoms with Crippen LogP contribution >= 0.6 is 87.3 Å². The fourth-order valence-electron chi connectivity index (χ4n) is 0.144. The van der Waals surface area contributed by atoms with Crippen LogP contribution in [0.5, 0.6) is 0 Å². The summed E-state index contributed by atoms with van der Waals surface area (Å²) in [5, 5.41) is 7.31. The van der Waals surface area contributed by atoms with Gasteiger partial charge in [-0.05, 0) is 0 Å². The Kier molecular flexibility index (Phi) is 4.56. The lowest BCUT2D eigenvalue weighted by atomic mass is 11.8. The molecule has 0 unspecified atom stereocenters. The van der Waals surface area contributed by atoms with Crippen molar-refractivity contribution < 1.29 is 0 Å². The minimum absolute atomic E-state index is 2.06. The van der Waals surface area contributed by atoms with Crippen LogP contribution < -0.4 is 0 Å². The molecule has 0 aliphatic carbocycles. The zero-order valence-electron chi connectivity index (χ0n) is 4.59. The largest absolute Gasteiger partial charge is 0.296 e. The third-order valence-corrected chi connectivity index (χ3v) is 9.74. The Morgan fingerprint density at radius 1 is 0.818 bits per heavy atom. The van der Waals surface area contributed by atoms with Gasteiger partial charge in [-0.2, -0.15) is 0 Å². The highest BCUT2D eigenvalue weighted by Crippen LogP contribution is 2.80. The molecule has 0 fully saturated rings. The Balaban J connectivity index is 4.92. The summed E-state index contributed by atoms with van der Waals surface area (Å²) >= 11 is 37.4. The van der Waals surface area contributed by atoms with Gasteiger partial charge in [0.25, 0.3) is 0 Å². The van der Waals surface area contributed by atoms with E-state index in [4.69, 9.17) is 86.0 Å². The first-order valence-corrected chi connectivity index (χ1v) is 6.94. The molecule has 0 bridgehead atoms. The summed E-state index contributed by atoms with van der Waals surface area (Å²) in [7, 11) is 0. The highest BCUT2D eigenvalue weighted by Gasteiger charge is 2.52. The predicted molar refractivity (Wildman–Crippen MR) is 56.1 cm³/mol.